The van der Waals surface area contributed by atoms with E-state index in [1.54, 1.807) is 7.11 Å². The van der Waals surface area contributed by atoms with Gasteiger partial charge in [0.15, 0.2) is 11.5 Å². The van der Waals surface area contributed by atoms with Gasteiger partial charge in [-0.15, -0.1) is 0 Å². The van der Waals surface area contributed by atoms with Gasteiger partial charge >= 0.3 is 0 Å². The van der Waals surface area contributed by atoms with Crippen LogP contribution in [0.2, 0.25) is 0 Å². The average Bonchev–Trinajstić information content (AvgIpc) is 2.27. The lowest BCUT2D eigenvalue weighted by atomic mass is 9.95. The van der Waals surface area contributed by atoms with E-state index in [1.165, 1.54) is 0 Å². The number of likely N-dealkylation sites (tertiary alicyclic amines) is 1. The molecular formula is C15H24N2O2. The molecule has 0 atom stereocenters. The lowest BCUT2D eigenvalue weighted by molar-refractivity contribution is 0.0361. The number of nitrogens with zero attached hydrogens (tertiary/aromatic N) is 1. The molecule has 1 heterocycles. The fourth-order valence-electron chi connectivity index (χ4n) is 2.37. The number of rotatable bonds is 5. The summed E-state index contributed by atoms with van der Waals surface area (Å²) in [4.78, 5) is 2.23. The van der Waals surface area contributed by atoms with Crippen molar-refractivity contribution in [1.82, 2.24) is 4.90 Å². The Morgan fingerprint density at radius 1 is 1.37 bits per heavy atom. The maximum atomic E-state index is 6.12. The van der Waals surface area contributed by atoms with Crippen LogP contribution in [0.25, 0.3) is 0 Å². The molecule has 2 N–H and O–H groups in total. The van der Waals surface area contributed by atoms with Crippen molar-refractivity contribution in [2.24, 2.45) is 5.73 Å². The van der Waals surface area contributed by atoms with Crippen LogP contribution in [0.4, 0.5) is 0 Å². The topological polar surface area (TPSA) is 47.7 Å². The second kappa shape index (κ2) is 5.39. The van der Waals surface area contributed by atoms with Gasteiger partial charge in [-0.2, -0.15) is 0 Å². The molecule has 0 spiro atoms. The maximum Gasteiger partial charge on any atom is 0.164 e. The standard InChI is InChI=1S/C15H24N2O2/c1-15(2,16)8-11-6-5-7-13(18-4)14(11)19-12-9-17(3)10-12/h5-7,12H,8-10,16H2,1-4H3. The van der Waals surface area contributed by atoms with Crippen LogP contribution in [0, 0.1) is 0 Å². The van der Waals surface area contributed by atoms with Gasteiger partial charge in [0.1, 0.15) is 6.10 Å². The van der Waals surface area contributed by atoms with Gasteiger partial charge in [-0.1, -0.05) is 12.1 Å². The minimum atomic E-state index is -0.263. The Labute approximate surface area is 115 Å². The third-order valence-electron chi connectivity index (χ3n) is 3.24. The van der Waals surface area contributed by atoms with Crippen LogP contribution in [0.1, 0.15) is 19.4 Å². The summed E-state index contributed by atoms with van der Waals surface area (Å²) in [6.45, 7) is 5.97. The zero-order chi connectivity index (χ0) is 14.0. The molecular weight excluding hydrogens is 240 g/mol. The van der Waals surface area contributed by atoms with Crippen molar-refractivity contribution in [2.75, 3.05) is 27.2 Å². The fraction of sp³-hybridized carbons (Fsp3) is 0.600. The van der Waals surface area contributed by atoms with Gasteiger partial charge in [-0.05, 0) is 38.9 Å². The number of para-hydroxylation sites is 1. The highest BCUT2D eigenvalue weighted by atomic mass is 16.5. The first-order valence-electron chi connectivity index (χ1n) is 6.69. The van der Waals surface area contributed by atoms with E-state index >= 15 is 0 Å². The van der Waals surface area contributed by atoms with E-state index in [1.807, 2.05) is 26.0 Å². The van der Waals surface area contributed by atoms with Gasteiger partial charge in [0, 0.05) is 18.6 Å². The second-order valence-electron chi connectivity index (χ2n) is 6.07. The average molecular weight is 264 g/mol. The highest BCUT2D eigenvalue weighted by molar-refractivity contribution is 5.47. The second-order valence-corrected chi connectivity index (χ2v) is 6.07. The van der Waals surface area contributed by atoms with Crippen molar-refractivity contribution >= 4 is 0 Å². The maximum absolute atomic E-state index is 6.12. The van der Waals surface area contributed by atoms with Crippen LogP contribution in [0.3, 0.4) is 0 Å². The molecule has 0 aliphatic carbocycles. The number of ether oxygens (including phenoxy) is 2. The molecule has 4 heteroatoms. The number of likely N-dealkylation sites (N-methyl/N-ethyl adjacent to an activating group) is 1. The van der Waals surface area contributed by atoms with Crippen molar-refractivity contribution in [1.29, 1.82) is 0 Å². The van der Waals surface area contributed by atoms with Gasteiger partial charge < -0.3 is 15.2 Å². The van der Waals surface area contributed by atoms with E-state index in [0.717, 1.165) is 36.6 Å². The Hall–Kier alpha value is -1.26. The Balaban J connectivity index is 2.21. The van der Waals surface area contributed by atoms with Crippen LogP contribution in [-0.4, -0.2) is 43.8 Å². The first-order chi connectivity index (χ1) is 8.89. The van der Waals surface area contributed by atoms with Gasteiger partial charge in [0.05, 0.1) is 7.11 Å². The van der Waals surface area contributed by atoms with Crippen LogP contribution >= 0.6 is 0 Å². The largest absolute Gasteiger partial charge is 0.493 e. The predicted octanol–water partition coefficient (Wildman–Crippen LogP) is 1.67. The smallest absolute Gasteiger partial charge is 0.164 e. The molecule has 0 radical (unpaired) electrons. The molecule has 4 nitrogen and oxygen atoms in total. The van der Waals surface area contributed by atoms with Gasteiger partial charge in [0.25, 0.3) is 0 Å². The van der Waals surface area contributed by atoms with Crippen LogP contribution in [0.15, 0.2) is 18.2 Å². The van der Waals surface area contributed by atoms with E-state index in [4.69, 9.17) is 15.2 Å². The first kappa shape index (κ1) is 14.2. The normalized spacial score (nSPS) is 17.1. The lowest BCUT2D eigenvalue weighted by Crippen LogP contribution is -2.51. The van der Waals surface area contributed by atoms with Crippen LogP contribution < -0.4 is 15.2 Å². The van der Waals surface area contributed by atoms with Gasteiger partial charge in [0.2, 0.25) is 0 Å². The SMILES string of the molecule is COc1cccc(CC(C)(C)N)c1OC1CN(C)C1. The summed E-state index contributed by atoms with van der Waals surface area (Å²) in [6, 6.07) is 5.99. The molecule has 0 aromatic heterocycles. The molecule has 1 aliphatic heterocycles. The van der Waals surface area contributed by atoms with Crippen molar-refractivity contribution in [3.8, 4) is 11.5 Å². The van der Waals surface area contributed by atoms with E-state index in [9.17, 15) is 0 Å². The third-order valence-corrected chi connectivity index (χ3v) is 3.24. The Morgan fingerprint density at radius 3 is 2.58 bits per heavy atom. The molecule has 1 aromatic carbocycles. The summed E-state index contributed by atoms with van der Waals surface area (Å²) < 4.78 is 11.5. The first-order valence-corrected chi connectivity index (χ1v) is 6.69. The molecule has 1 fully saturated rings. The fourth-order valence-corrected chi connectivity index (χ4v) is 2.37. The predicted molar refractivity (Wildman–Crippen MR) is 76.9 cm³/mol. The number of hydrogen-bond acceptors (Lipinski definition) is 4. The summed E-state index contributed by atoms with van der Waals surface area (Å²) in [5.41, 5.74) is 6.97. The number of benzene rings is 1. The molecule has 1 aliphatic rings. The summed E-state index contributed by atoms with van der Waals surface area (Å²) >= 11 is 0. The minimum Gasteiger partial charge on any atom is -0.493 e. The highest BCUT2D eigenvalue weighted by Gasteiger charge is 2.27. The molecule has 0 saturated carbocycles. The van der Waals surface area contributed by atoms with Crippen molar-refractivity contribution < 1.29 is 9.47 Å². The number of methoxy groups -OCH3 is 1. The van der Waals surface area contributed by atoms with Gasteiger partial charge in [-0.25, -0.2) is 0 Å². The Bertz CT molecular complexity index is 434. The molecule has 0 unspecified atom stereocenters. The minimum absolute atomic E-state index is 0.251. The molecule has 0 amide bonds. The Morgan fingerprint density at radius 2 is 2.05 bits per heavy atom. The lowest BCUT2D eigenvalue weighted by Gasteiger charge is -2.37. The number of hydrogen-bond donors (Lipinski definition) is 1. The van der Waals surface area contributed by atoms with Crippen molar-refractivity contribution in [3.05, 3.63) is 23.8 Å². The van der Waals surface area contributed by atoms with E-state index in [0.29, 0.717) is 0 Å². The summed E-state index contributed by atoms with van der Waals surface area (Å²) in [6.07, 6.45) is 1.02. The van der Waals surface area contributed by atoms with Crippen LogP contribution in [0.5, 0.6) is 11.5 Å². The van der Waals surface area contributed by atoms with Gasteiger partial charge in [-0.3, -0.25) is 4.90 Å². The monoisotopic (exact) mass is 264 g/mol. The molecule has 2 rings (SSSR count). The quantitative estimate of drug-likeness (QED) is 0.879. The molecule has 1 aromatic rings. The van der Waals surface area contributed by atoms with E-state index < -0.39 is 0 Å². The Kier molecular flexibility index (Phi) is 4.02. The molecule has 19 heavy (non-hydrogen) atoms. The summed E-state index contributed by atoms with van der Waals surface area (Å²) in [5.74, 6) is 1.64. The van der Waals surface area contributed by atoms with E-state index in [-0.39, 0.29) is 11.6 Å². The van der Waals surface area contributed by atoms with Crippen molar-refractivity contribution in [2.45, 2.75) is 31.9 Å². The molecule has 106 valence electrons. The summed E-state index contributed by atoms with van der Waals surface area (Å²) in [5, 5.41) is 0. The zero-order valence-electron chi connectivity index (χ0n) is 12.3. The molecule has 0 bridgehead atoms. The zero-order valence-corrected chi connectivity index (χ0v) is 12.3. The third kappa shape index (κ3) is 3.61. The van der Waals surface area contributed by atoms with Crippen LogP contribution in [-0.2, 0) is 6.42 Å². The van der Waals surface area contributed by atoms with Crippen molar-refractivity contribution in [3.63, 3.8) is 0 Å². The highest BCUT2D eigenvalue weighted by Crippen LogP contribution is 2.34. The molecule has 1 saturated heterocycles. The van der Waals surface area contributed by atoms with E-state index in [2.05, 4.69) is 18.0 Å². The number of nitrogens with two attached hydrogens (primary N) is 1. The summed E-state index contributed by atoms with van der Waals surface area (Å²) in [7, 11) is 3.76.